The fourth-order valence-electron chi connectivity index (χ4n) is 3.05. The molecule has 1 aliphatic rings. The summed E-state index contributed by atoms with van der Waals surface area (Å²) in [6.45, 7) is 9.54. The first kappa shape index (κ1) is 16.8. The van der Waals surface area contributed by atoms with Gasteiger partial charge in [0.15, 0.2) is 0 Å². The summed E-state index contributed by atoms with van der Waals surface area (Å²) in [5.74, 6) is 0.0289. The number of amides is 1. The van der Waals surface area contributed by atoms with Crippen molar-refractivity contribution in [3.05, 3.63) is 35.9 Å². The van der Waals surface area contributed by atoms with Crippen LogP contribution in [-0.4, -0.2) is 39.9 Å². The second-order valence-electron chi connectivity index (χ2n) is 7.23. The van der Waals surface area contributed by atoms with E-state index in [1.807, 2.05) is 65.0 Å². The van der Waals surface area contributed by atoms with Crippen LogP contribution in [-0.2, 0) is 11.2 Å². The molecule has 1 aliphatic heterocycles. The van der Waals surface area contributed by atoms with E-state index in [2.05, 4.69) is 0 Å². The van der Waals surface area contributed by atoms with Gasteiger partial charge in [-0.2, -0.15) is 0 Å². The first-order valence-electron chi connectivity index (χ1n) is 7.94. The Bertz CT molecular complexity index is 509. The van der Waals surface area contributed by atoms with Crippen LogP contribution in [0.2, 0.25) is 0 Å². The number of likely N-dealkylation sites (tertiary alicyclic amines) is 1. The lowest BCUT2D eigenvalue weighted by Gasteiger charge is -2.32. The zero-order chi connectivity index (χ0) is 16.5. The maximum Gasteiger partial charge on any atom is 0.410 e. The third-order valence-electron chi connectivity index (χ3n) is 4.38. The van der Waals surface area contributed by atoms with Crippen molar-refractivity contribution in [3.8, 4) is 0 Å². The number of nitrogens with zero attached hydrogens (tertiary/aromatic N) is 1. The topological polar surface area (TPSA) is 49.8 Å². The Hall–Kier alpha value is -1.55. The molecule has 1 aromatic rings. The van der Waals surface area contributed by atoms with E-state index in [0.717, 1.165) is 5.56 Å². The molecule has 0 aliphatic carbocycles. The summed E-state index contributed by atoms with van der Waals surface area (Å²) >= 11 is 0. The third kappa shape index (κ3) is 3.61. The molecule has 22 heavy (non-hydrogen) atoms. The Kier molecular flexibility index (Phi) is 4.81. The molecule has 1 fully saturated rings. The number of aliphatic hydroxyl groups excluding tert-OH is 1. The van der Waals surface area contributed by atoms with Crippen LogP contribution < -0.4 is 0 Å². The molecule has 1 saturated heterocycles. The van der Waals surface area contributed by atoms with Crippen LogP contribution in [0.3, 0.4) is 0 Å². The fourth-order valence-corrected chi connectivity index (χ4v) is 3.05. The lowest BCUT2D eigenvalue weighted by Crippen LogP contribution is -2.46. The predicted octanol–water partition coefficient (Wildman–Crippen LogP) is 3.23. The van der Waals surface area contributed by atoms with Gasteiger partial charge in [-0.15, -0.1) is 0 Å². The number of ether oxygens (including phenoxy) is 1. The lowest BCUT2D eigenvalue weighted by atomic mass is 9.96. The Morgan fingerprint density at radius 1 is 1.23 bits per heavy atom. The van der Waals surface area contributed by atoms with Crippen molar-refractivity contribution >= 4 is 6.09 Å². The molecule has 0 bridgehead atoms. The standard InChI is InChI=1S/C18H27NO3/c1-12-13(2)19(17(21)22-18(3,4)5)15(16(12)20)11-14-9-7-6-8-10-14/h6-10,12-13,15-16,20H,11H2,1-5H3/t12-,13-,15+,16-/m1/s1. The molecule has 1 amide bonds. The van der Waals surface area contributed by atoms with Gasteiger partial charge in [0.2, 0.25) is 0 Å². The number of aliphatic hydroxyl groups is 1. The van der Waals surface area contributed by atoms with Crippen LogP contribution in [0.25, 0.3) is 0 Å². The smallest absolute Gasteiger partial charge is 0.410 e. The summed E-state index contributed by atoms with van der Waals surface area (Å²) in [7, 11) is 0. The average molecular weight is 305 g/mol. The van der Waals surface area contributed by atoms with E-state index in [0.29, 0.717) is 6.42 Å². The molecule has 4 heteroatoms. The second-order valence-corrected chi connectivity index (χ2v) is 7.23. The Balaban J connectivity index is 2.22. The number of carbonyl (C=O) groups is 1. The maximum absolute atomic E-state index is 12.6. The summed E-state index contributed by atoms with van der Waals surface area (Å²) in [6, 6.07) is 9.66. The minimum Gasteiger partial charge on any atom is -0.444 e. The maximum atomic E-state index is 12.6. The van der Waals surface area contributed by atoms with E-state index in [1.54, 1.807) is 4.90 Å². The number of rotatable bonds is 2. The van der Waals surface area contributed by atoms with Gasteiger partial charge in [-0.3, -0.25) is 4.90 Å². The summed E-state index contributed by atoms with van der Waals surface area (Å²) in [5.41, 5.74) is 0.576. The van der Waals surface area contributed by atoms with E-state index in [-0.39, 0.29) is 24.1 Å². The van der Waals surface area contributed by atoms with Crippen molar-refractivity contribution in [1.82, 2.24) is 4.90 Å². The molecule has 0 saturated carbocycles. The van der Waals surface area contributed by atoms with Crippen molar-refractivity contribution in [2.75, 3.05) is 0 Å². The highest BCUT2D eigenvalue weighted by atomic mass is 16.6. The largest absolute Gasteiger partial charge is 0.444 e. The van der Waals surface area contributed by atoms with Crippen molar-refractivity contribution in [3.63, 3.8) is 0 Å². The molecule has 0 aromatic heterocycles. The Morgan fingerprint density at radius 3 is 2.36 bits per heavy atom. The number of hydrogen-bond acceptors (Lipinski definition) is 3. The third-order valence-corrected chi connectivity index (χ3v) is 4.38. The SMILES string of the molecule is C[C@H]1[C@@H](O)[C@H](Cc2ccccc2)N(C(=O)OC(C)(C)C)[C@@H]1C. The molecule has 4 atom stereocenters. The monoisotopic (exact) mass is 305 g/mol. The van der Waals surface area contributed by atoms with Gasteiger partial charge in [-0.1, -0.05) is 37.3 Å². The van der Waals surface area contributed by atoms with Gasteiger partial charge < -0.3 is 9.84 Å². The molecule has 1 N–H and O–H groups in total. The van der Waals surface area contributed by atoms with E-state index in [1.165, 1.54) is 0 Å². The Morgan fingerprint density at radius 2 is 1.82 bits per heavy atom. The van der Waals surface area contributed by atoms with Crippen molar-refractivity contribution < 1.29 is 14.6 Å². The number of hydrogen-bond donors (Lipinski definition) is 1. The van der Waals surface area contributed by atoms with E-state index in [9.17, 15) is 9.90 Å². The van der Waals surface area contributed by atoms with Crippen LogP contribution in [0.1, 0.15) is 40.2 Å². The van der Waals surface area contributed by atoms with Gasteiger partial charge in [0, 0.05) is 12.0 Å². The van der Waals surface area contributed by atoms with Gasteiger partial charge >= 0.3 is 6.09 Å². The lowest BCUT2D eigenvalue weighted by molar-refractivity contribution is 0.00999. The summed E-state index contributed by atoms with van der Waals surface area (Å²) < 4.78 is 5.53. The molecule has 122 valence electrons. The summed E-state index contributed by atoms with van der Waals surface area (Å²) in [5, 5.41) is 10.6. The second kappa shape index (κ2) is 6.29. The highest BCUT2D eigenvalue weighted by molar-refractivity contribution is 5.69. The number of carbonyl (C=O) groups excluding carboxylic acids is 1. The average Bonchev–Trinajstić information content (AvgIpc) is 2.63. The molecule has 1 heterocycles. The molecule has 2 rings (SSSR count). The zero-order valence-corrected chi connectivity index (χ0v) is 14.1. The highest BCUT2D eigenvalue weighted by Gasteiger charge is 2.47. The van der Waals surface area contributed by atoms with Crippen LogP contribution in [0.4, 0.5) is 4.79 Å². The molecule has 0 spiro atoms. The van der Waals surface area contributed by atoms with Gasteiger partial charge in [0.1, 0.15) is 5.60 Å². The first-order chi connectivity index (χ1) is 10.2. The van der Waals surface area contributed by atoms with Crippen molar-refractivity contribution in [2.24, 2.45) is 5.92 Å². The van der Waals surface area contributed by atoms with Crippen LogP contribution in [0, 0.1) is 5.92 Å². The van der Waals surface area contributed by atoms with Gasteiger partial charge in [-0.25, -0.2) is 4.79 Å². The quantitative estimate of drug-likeness (QED) is 0.912. The van der Waals surface area contributed by atoms with E-state index < -0.39 is 11.7 Å². The molecule has 0 radical (unpaired) electrons. The van der Waals surface area contributed by atoms with Crippen LogP contribution in [0.5, 0.6) is 0 Å². The minimum atomic E-state index is -0.539. The summed E-state index contributed by atoms with van der Waals surface area (Å²) in [4.78, 5) is 14.3. The molecular weight excluding hydrogens is 278 g/mol. The van der Waals surface area contributed by atoms with Crippen LogP contribution in [0.15, 0.2) is 30.3 Å². The molecule has 0 unspecified atom stereocenters. The van der Waals surface area contributed by atoms with Gasteiger partial charge in [0.25, 0.3) is 0 Å². The zero-order valence-electron chi connectivity index (χ0n) is 14.1. The summed E-state index contributed by atoms with van der Waals surface area (Å²) in [6.07, 6.45) is -0.248. The normalized spacial score (nSPS) is 28.7. The highest BCUT2D eigenvalue weighted by Crippen LogP contribution is 2.33. The molecule has 1 aromatic carbocycles. The van der Waals surface area contributed by atoms with E-state index in [4.69, 9.17) is 4.74 Å². The van der Waals surface area contributed by atoms with Crippen molar-refractivity contribution in [1.29, 1.82) is 0 Å². The molecule has 4 nitrogen and oxygen atoms in total. The first-order valence-corrected chi connectivity index (χ1v) is 7.94. The minimum absolute atomic E-state index is 0.0289. The van der Waals surface area contributed by atoms with Crippen LogP contribution >= 0.6 is 0 Å². The molecular formula is C18H27NO3. The van der Waals surface area contributed by atoms with E-state index >= 15 is 0 Å². The Labute approximate surface area is 133 Å². The van der Waals surface area contributed by atoms with Crippen molar-refractivity contribution in [2.45, 2.75) is 64.8 Å². The van der Waals surface area contributed by atoms with Gasteiger partial charge in [-0.05, 0) is 39.7 Å². The van der Waals surface area contributed by atoms with Gasteiger partial charge in [0.05, 0.1) is 12.1 Å². The fraction of sp³-hybridized carbons (Fsp3) is 0.611. The number of benzene rings is 1. The predicted molar refractivity (Wildman–Crippen MR) is 86.6 cm³/mol.